The molecule has 0 aliphatic rings. The molecule has 4 nitrogen and oxygen atoms in total. The average molecular weight is 220 g/mol. The second-order valence-corrected chi connectivity index (χ2v) is 3.14. The first-order valence-electron chi connectivity index (χ1n) is 4.55. The van der Waals surface area contributed by atoms with Crippen molar-refractivity contribution in [2.24, 2.45) is 0 Å². The van der Waals surface area contributed by atoms with Gasteiger partial charge in [0.1, 0.15) is 11.6 Å². The van der Waals surface area contributed by atoms with Crippen molar-refractivity contribution in [2.75, 3.05) is 7.11 Å². The summed E-state index contributed by atoms with van der Waals surface area (Å²) in [6.07, 6.45) is 2.88. The molecule has 0 spiro atoms. The van der Waals surface area contributed by atoms with Gasteiger partial charge in [-0.25, -0.2) is 14.4 Å². The zero-order valence-electron chi connectivity index (χ0n) is 8.51. The van der Waals surface area contributed by atoms with Crippen LogP contribution in [0.1, 0.15) is 0 Å². The molecular formula is C11H9FN2O2. The van der Waals surface area contributed by atoms with Gasteiger partial charge >= 0.3 is 0 Å². The monoisotopic (exact) mass is 220 g/mol. The first kappa shape index (κ1) is 10.4. The van der Waals surface area contributed by atoms with Gasteiger partial charge < -0.3 is 9.84 Å². The molecule has 16 heavy (non-hydrogen) atoms. The van der Waals surface area contributed by atoms with Gasteiger partial charge in [0.25, 0.3) is 0 Å². The highest BCUT2D eigenvalue weighted by Gasteiger charge is 2.04. The van der Waals surface area contributed by atoms with Crippen LogP contribution in [0.25, 0.3) is 11.3 Å². The fourth-order valence-corrected chi connectivity index (χ4v) is 1.29. The Morgan fingerprint density at radius 2 is 2.00 bits per heavy atom. The third-order valence-electron chi connectivity index (χ3n) is 2.02. The lowest BCUT2D eigenvalue weighted by Crippen LogP contribution is -1.91. The van der Waals surface area contributed by atoms with Crippen LogP contribution in [0.2, 0.25) is 0 Å². The number of ether oxygens (including phenoxy) is 1. The highest BCUT2D eigenvalue weighted by atomic mass is 19.1. The molecule has 1 aromatic heterocycles. The molecule has 1 aromatic carbocycles. The lowest BCUT2D eigenvalue weighted by molar-refractivity contribution is 0.396. The SMILES string of the molecule is COc1cnc(-c2cc(O)cc(F)c2)cn1. The molecule has 0 radical (unpaired) electrons. The largest absolute Gasteiger partial charge is 0.508 e. The van der Waals surface area contributed by atoms with Crippen LogP contribution in [0.5, 0.6) is 11.6 Å². The fourth-order valence-electron chi connectivity index (χ4n) is 1.29. The minimum atomic E-state index is -0.521. The Bertz CT molecular complexity index is 480. The molecule has 1 N–H and O–H groups in total. The summed E-state index contributed by atoms with van der Waals surface area (Å²) in [5.41, 5.74) is 0.934. The number of rotatable bonds is 2. The zero-order valence-corrected chi connectivity index (χ0v) is 8.51. The van der Waals surface area contributed by atoms with Crippen molar-refractivity contribution in [1.82, 2.24) is 9.97 Å². The molecule has 0 unspecified atom stereocenters. The summed E-state index contributed by atoms with van der Waals surface area (Å²) < 4.78 is 17.9. The lowest BCUT2D eigenvalue weighted by Gasteiger charge is -2.03. The van der Waals surface area contributed by atoms with Crippen molar-refractivity contribution >= 4 is 0 Å². The van der Waals surface area contributed by atoms with E-state index in [0.29, 0.717) is 17.1 Å². The summed E-state index contributed by atoms with van der Waals surface area (Å²) in [6, 6.07) is 3.72. The highest BCUT2D eigenvalue weighted by molar-refractivity contribution is 5.60. The van der Waals surface area contributed by atoms with Crippen LogP contribution in [0.15, 0.2) is 30.6 Å². The number of benzene rings is 1. The van der Waals surface area contributed by atoms with E-state index >= 15 is 0 Å². The standard InChI is InChI=1S/C11H9FN2O2/c1-16-11-6-13-10(5-14-11)7-2-8(12)4-9(15)3-7/h2-6,15H,1H3. The molecule has 0 bridgehead atoms. The summed E-state index contributed by atoms with van der Waals surface area (Å²) in [4.78, 5) is 7.98. The van der Waals surface area contributed by atoms with Crippen LogP contribution in [0, 0.1) is 5.82 Å². The van der Waals surface area contributed by atoms with Crippen LogP contribution in [-0.2, 0) is 0 Å². The van der Waals surface area contributed by atoms with Gasteiger partial charge in [0.2, 0.25) is 5.88 Å². The highest BCUT2D eigenvalue weighted by Crippen LogP contribution is 2.23. The number of hydrogen-bond acceptors (Lipinski definition) is 4. The number of aromatic nitrogens is 2. The third-order valence-corrected chi connectivity index (χ3v) is 2.02. The molecule has 1 heterocycles. The second kappa shape index (κ2) is 4.14. The summed E-state index contributed by atoms with van der Waals surface area (Å²) in [5, 5.41) is 9.24. The van der Waals surface area contributed by atoms with Crippen molar-refractivity contribution in [3.05, 3.63) is 36.4 Å². The Kier molecular flexibility index (Phi) is 2.68. The van der Waals surface area contributed by atoms with Crippen LogP contribution in [0.3, 0.4) is 0 Å². The number of hydrogen-bond donors (Lipinski definition) is 1. The van der Waals surface area contributed by atoms with Crippen molar-refractivity contribution in [3.8, 4) is 22.9 Å². The Labute approximate surface area is 91.4 Å². The van der Waals surface area contributed by atoms with Crippen LogP contribution >= 0.6 is 0 Å². The van der Waals surface area contributed by atoms with Gasteiger partial charge in [-0.15, -0.1) is 0 Å². The average Bonchev–Trinajstić information content (AvgIpc) is 2.28. The number of phenolic OH excluding ortho intramolecular Hbond substituents is 1. The van der Waals surface area contributed by atoms with Gasteiger partial charge in [-0.3, -0.25) is 0 Å². The number of phenols is 1. The molecular weight excluding hydrogens is 211 g/mol. The van der Waals surface area contributed by atoms with E-state index in [2.05, 4.69) is 9.97 Å². The Morgan fingerprint density at radius 3 is 2.56 bits per heavy atom. The molecule has 0 amide bonds. The van der Waals surface area contributed by atoms with Crippen LogP contribution in [0.4, 0.5) is 4.39 Å². The summed E-state index contributed by atoms with van der Waals surface area (Å²) in [7, 11) is 1.48. The first-order valence-corrected chi connectivity index (χ1v) is 4.55. The minimum Gasteiger partial charge on any atom is -0.508 e. The molecule has 0 fully saturated rings. The van der Waals surface area contributed by atoms with Crippen molar-refractivity contribution < 1.29 is 14.2 Å². The predicted octanol–water partition coefficient (Wildman–Crippen LogP) is 2.00. The van der Waals surface area contributed by atoms with Gasteiger partial charge in [0, 0.05) is 11.6 Å². The van der Waals surface area contributed by atoms with E-state index in [9.17, 15) is 9.50 Å². The van der Waals surface area contributed by atoms with E-state index in [-0.39, 0.29) is 5.75 Å². The summed E-state index contributed by atoms with van der Waals surface area (Å²) >= 11 is 0. The van der Waals surface area contributed by atoms with E-state index in [0.717, 1.165) is 6.07 Å². The molecule has 0 aliphatic carbocycles. The van der Waals surface area contributed by atoms with Gasteiger partial charge in [0.15, 0.2) is 0 Å². The second-order valence-electron chi connectivity index (χ2n) is 3.14. The van der Waals surface area contributed by atoms with E-state index in [1.165, 1.54) is 31.6 Å². The van der Waals surface area contributed by atoms with Crippen molar-refractivity contribution in [3.63, 3.8) is 0 Å². The van der Waals surface area contributed by atoms with Gasteiger partial charge in [0.05, 0.1) is 25.2 Å². The molecule has 0 saturated carbocycles. The molecule has 2 rings (SSSR count). The molecule has 0 atom stereocenters. The Morgan fingerprint density at radius 1 is 1.19 bits per heavy atom. The number of aromatic hydroxyl groups is 1. The minimum absolute atomic E-state index is 0.146. The first-order chi connectivity index (χ1) is 7.69. The van der Waals surface area contributed by atoms with Gasteiger partial charge in [-0.05, 0) is 12.1 Å². The van der Waals surface area contributed by atoms with E-state index in [1.807, 2.05) is 0 Å². The van der Waals surface area contributed by atoms with Crippen LogP contribution in [-0.4, -0.2) is 22.2 Å². The quantitative estimate of drug-likeness (QED) is 0.840. The summed E-state index contributed by atoms with van der Waals surface area (Å²) in [5.74, 6) is -0.287. The molecule has 0 aliphatic heterocycles. The molecule has 0 saturated heterocycles. The Balaban J connectivity index is 2.42. The zero-order chi connectivity index (χ0) is 11.5. The van der Waals surface area contributed by atoms with Crippen LogP contribution < -0.4 is 4.74 Å². The van der Waals surface area contributed by atoms with Gasteiger partial charge in [-0.2, -0.15) is 0 Å². The number of nitrogens with zero attached hydrogens (tertiary/aromatic N) is 2. The van der Waals surface area contributed by atoms with E-state index in [1.54, 1.807) is 0 Å². The maximum atomic E-state index is 13.0. The Hall–Kier alpha value is -2.17. The number of halogens is 1. The normalized spacial score (nSPS) is 10.1. The smallest absolute Gasteiger partial charge is 0.232 e. The molecule has 82 valence electrons. The molecule has 2 aromatic rings. The predicted molar refractivity (Wildman–Crippen MR) is 55.6 cm³/mol. The molecule has 5 heteroatoms. The topological polar surface area (TPSA) is 55.2 Å². The third kappa shape index (κ3) is 2.08. The van der Waals surface area contributed by atoms with Crippen molar-refractivity contribution in [1.29, 1.82) is 0 Å². The maximum absolute atomic E-state index is 13.0. The lowest BCUT2D eigenvalue weighted by atomic mass is 10.1. The van der Waals surface area contributed by atoms with Gasteiger partial charge in [-0.1, -0.05) is 0 Å². The summed E-state index contributed by atoms with van der Waals surface area (Å²) in [6.45, 7) is 0. The van der Waals surface area contributed by atoms with E-state index < -0.39 is 5.82 Å². The maximum Gasteiger partial charge on any atom is 0.232 e. The van der Waals surface area contributed by atoms with E-state index in [4.69, 9.17) is 4.74 Å². The number of methoxy groups -OCH3 is 1. The van der Waals surface area contributed by atoms with Crippen molar-refractivity contribution in [2.45, 2.75) is 0 Å². The fraction of sp³-hybridized carbons (Fsp3) is 0.0909.